The number of carbonyl (C=O) groups excluding carboxylic acids is 1. The third-order valence-electron chi connectivity index (χ3n) is 4.55. The van der Waals surface area contributed by atoms with Crippen LogP contribution in [0.3, 0.4) is 0 Å². The standard InChI is InChI=1S/C20H21NO4/c22-20(13-15-6-7-17-18(12-15)25-11-10-24-17)21-8-9-23-19(14-21)16-4-2-1-3-5-16/h1-7,12,19H,8-11,13-14H2. The van der Waals surface area contributed by atoms with E-state index >= 15 is 0 Å². The molecule has 2 aliphatic heterocycles. The number of morpholine rings is 1. The van der Waals surface area contributed by atoms with Crippen LogP contribution in [0, 0.1) is 0 Å². The minimum atomic E-state index is -0.0563. The Morgan fingerprint density at radius 3 is 2.64 bits per heavy atom. The van der Waals surface area contributed by atoms with Gasteiger partial charge >= 0.3 is 0 Å². The average Bonchev–Trinajstić information content (AvgIpc) is 2.69. The third-order valence-corrected chi connectivity index (χ3v) is 4.55. The molecule has 0 saturated carbocycles. The second-order valence-electron chi connectivity index (χ2n) is 6.26. The molecule has 5 nitrogen and oxygen atoms in total. The third kappa shape index (κ3) is 3.61. The molecule has 25 heavy (non-hydrogen) atoms. The van der Waals surface area contributed by atoms with Crippen LogP contribution in [0.25, 0.3) is 0 Å². The Bertz CT molecular complexity index is 747. The van der Waals surface area contributed by atoms with Gasteiger partial charge in [-0.25, -0.2) is 0 Å². The molecule has 1 amide bonds. The fraction of sp³-hybridized carbons (Fsp3) is 0.350. The van der Waals surface area contributed by atoms with Crippen LogP contribution in [0.15, 0.2) is 48.5 Å². The maximum absolute atomic E-state index is 12.7. The topological polar surface area (TPSA) is 48.0 Å². The predicted octanol–water partition coefficient (Wildman–Crippen LogP) is 2.60. The summed E-state index contributed by atoms with van der Waals surface area (Å²) in [6.45, 7) is 2.90. The largest absolute Gasteiger partial charge is 0.486 e. The SMILES string of the molecule is O=C(Cc1ccc2c(c1)OCCO2)N1CCOC(c2ccccc2)C1. The maximum atomic E-state index is 12.7. The average molecular weight is 339 g/mol. The number of fused-ring (bicyclic) bond motifs is 1. The Morgan fingerprint density at radius 2 is 1.80 bits per heavy atom. The van der Waals surface area contributed by atoms with Crippen molar-refractivity contribution in [2.45, 2.75) is 12.5 Å². The lowest BCUT2D eigenvalue weighted by molar-refractivity contribution is -0.138. The van der Waals surface area contributed by atoms with Crippen molar-refractivity contribution in [3.63, 3.8) is 0 Å². The molecule has 1 unspecified atom stereocenters. The van der Waals surface area contributed by atoms with Crippen LogP contribution in [0.1, 0.15) is 17.2 Å². The number of benzene rings is 2. The number of amides is 1. The zero-order chi connectivity index (χ0) is 17.1. The Morgan fingerprint density at radius 1 is 1.00 bits per heavy atom. The van der Waals surface area contributed by atoms with Crippen molar-refractivity contribution in [3.8, 4) is 11.5 Å². The monoisotopic (exact) mass is 339 g/mol. The van der Waals surface area contributed by atoms with Crippen LogP contribution in [0.2, 0.25) is 0 Å². The highest BCUT2D eigenvalue weighted by Crippen LogP contribution is 2.31. The second-order valence-corrected chi connectivity index (χ2v) is 6.26. The molecule has 130 valence electrons. The van der Waals surface area contributed by atoms with Gasteiger partial charge in [0.05, 0.1) is 19.6 Å². The first-order valence-corrected chi connectivity index (χ1v) is 8.62. The Labute approximate surface area is 147 Å². The van der Waals surface area contributed by atoms with Crippen molar-refractivity contribution in [2.24, 2.45) is 0 Å². The molecule has 2 aliphatic rings. The van der Waals surface area contributed by atoms with Crippen LogP contribution in [0.4, 0.5) is 0 Å². The lowest BCUT2D eigenvalue weighted by atomic mass is 10.1. The molecule has 1 saturated heterocycles. The van der Waals surface area contributed by atoms with Crippen molar-refractivity contribution < 1.29 is 19.0 Å². The molecule has 0 N–H and O–H groups in total. The van der Waals surface area contributed by atoms with Gasteiger partial charge in [0.25, 0.3) is 0 Å². The van der Waals surface area contributed by atoms with E-state index in [1.54, 1.807) is 0 Å². The Hall–Kier alpha value is -2.53. The molecule has 0 aliphatic carbocycles. The van der Waals surface area contributed by atoms with Gasteiger partial charge in [-0.1, -0.05) is 36.4 Å². The molecule has 2 heterocycles. The number of ether oxygens (including phenoxy) is 3. The first-order chi connectivity index (χ1) is 12.3. The van der Waals surface area contributed by atoms with E-state index in [0.29, 0.717) is 39.3 Å². The van der Waals surface area contributed by atoms with Gasteiger partial charge < -0.3 is 19.1 Å². The van der Waals surface area contributed by atoms with E-state index in [4.69, 9.17) is 14.2 Å². The lowest BCUT2D eigenvalue weighted by Gasteiger charge is -2.33. The first kappa shape index (κ1) is 16.0. The number of hydrogen-bond acceptors (Lipinski definition) is 4. The van der Waals surface area contributed by atoms with Crippen LogP contribution < -0.4 is 9.47 Å². The molecular formula is C20H21NO4. The quantitative estimate of drug-likeness (QED) is 0.862. The summed E-state index contributed by atoms with van der Waals surface area (Å²) in [5, 5.41) is 0. The summed E-state index contributed by atoms with van der Waals surface area (Å²) in [4.78, 5) is 14.6. The van der Waals surface area contributed by atoms with E-state index < -0.39 is 0 Å². The van der Waals surface area contributed by atoms with Crippen LogP contribution in [0.5, 0.6) is 11.5 Å². The fourth-order valence-corrected chi connectivity index (χ4v) is 3.23. The van der Waals surface area contributed by atoms with E-state index in [1.165, 1.54) is 0 Å². The number of hydrogen-bond donors (Lipinski definition) is 0. The highest BCUT2D eigenvalue weighted by atomic mass is 16.6. The highest BCUT2D eigenvalue weighted by molar-refractivity contribution is 5.79. The smallest absolute Gasteiger partial charge is 0.227 e. The van der Waals surface area contributed by atoms with E-state index in [9.17, 15) is 4.79 Å². The second kappa shape index (κ2) is 7.15. The van der Waals surface area contributed by atoms with Gasteiger partial charge in [-0.05, 0) is 23.3 Å². The number of rotatable bonds is 3. The zero-order valence-electron chi connectivity index (χ0n) is 14.0. The van der Waals surface area contributed by atoms with Gasteiger partial charge in [-0.15, -0.1) is 0 Å². The molecule has 1 atom stereocenters. The van der Waals surface area contributed by atoms with Gasteiger partial charge in [-0.3, -0.25) is 4.79 Å². The maximum Gasteiger partial charge on any atom is 0.227 e. The minimum Gasteiger partial charge on any atom is -0.486 e. The number of nitrogens with zero attached hydrogens (tertiary/aromatic N) is 1. The van der Waals surface area contributed by atoms with Crippen molar-refractivity contribution in [1.29, 1.82) is 0 Å². The van der Waals surface area contributed by atoms with Crippen molar-refractivity contribution in [3.05, 3.63) is 59.7 Å². The van der Waals surface area contributed by atoms with E-state index in [0.717, 1.165) is 22.6 Å². The molecule has 0 bridgehead atoms. The summed E-state index contributed by atoms with van der Waals surface area (Å²) < 4.78 is 17.0. The summed E-state index contributed by atoms with van der Waals surface area (Å²) in [6.07, 6.45) is 0.303. The van der Waals surface area contributed by atoms with Crippen molar-refractivity contribution in [2.75, 3.05) is 32.9 Å². The summed E-state index contributed by atoms with van der Waals surface area (Å²) in [5.41, 5.74) is 2.05. The lowest BCUT2D eigenvalue weighted by Crippen LogP contribution is -2.43. The molecule has 4 rings (SSSR count). The van der Waals surface area contributed by atoms with Gasteiger partial charge in [0.1, 0.15) is 19.3 Å². The highest BCUT2D eigenvalue weighted by Gasteiger charge is 2.25. The fourth-order valence-electron chi connectivity index (χ4n) is 3.23. The number of carbonyl (C=O) groups is 1. The normalized spacial score (nSPS) is 19.5. The Kier molecular flexibility index (Phi) is 4.57. The van der Waals surface area contributed by atoms with Gasteiger partial charge in [0.2, 0.25) is 5.91 Å². The molecule has 0 spiro atoms. The van der Waals surface area contributed by atoms with Gasteiger partial charge in [0, 0.05) is 6.54 Å². The molecule has 2 aromatic rings. The summed E-state index contributed by atoms with van der Waals surface area (Å²) in [7, 11) is 0. The minimum absolute atomic E-state index is 0.0563. The van der Waals surface area contributed by atoms with E-state index in [-0.39, 0.29) is 12.0 Å². The van der Waals surface area contributed by atoms with Crippen LogP contribution in [-0.4, -0.2) is 43.7 Å². The predicted molar refractivity (Wildman–Crippen MR) is 92.9 cm³/mol. The molecule has 5 heteroatoms. The van der Waals surface area contributed by atoms with Crippen LogP contribution in [-0.2, 0) is 16.0 Å². The molecular weight excluding hydrogens is 318 g/mol. The van der Waals surface area contributed by atoms with Crippen molar-refractivity contribution >= 4 is 5.91 Å². The van der Waals surface area contributed by atoms with Crippen LogP contribution >= 0.6 is 0 Å². The first-order valence-electron chi connectivity index (χ1n) is 8.62. The molecule has 1 fully saturated rings. The van der Waals surface area contributed by atoms with Gasteiger partial charge in [0.15, 0.2) is 11.5 Å². The van der Waals surface area contributed by atoms with Gasteiger partial charge in [-0.2, -0.15) is 0 Å². The summed E-state index contributed by atoms with van der Waals surface area (Å²) in [6, 6.07) is 15.8. The molecule has 2 aromatic carbocycles. The van der Waals surface area contributed by atoms with E-state index in [1.807, 2.05) is 53.4 Å². The summed E-state index contributed by atoms with van der Waals surface area (Å²) >= 11 is 0. The van der Waals surface area contributed by atoms with Crippen molar-refractivity contribution in [1.82, 2.24) is 4.90 Å². The summed E-state index contributed by atoms with van der Waals surface area (Å²) in [5.74, 6) is 1.58. The van der Waals surface area contributed by atoms with E-state index in [2.05, 4.69) is 0 Å². The molecule has 0 aromatic heterocycles. The zero-order valence-corrected chi connectivity index (χ0v) is 14.0. The molecule has 0 radical (unpaired) electrons. The Balaban J connectivity index is 1.42.